The fraction of sp³-hybridized carbons (Fsp3) is 0.262. The van der Waals surface area contributed by atoms with Crippen molar-refractivity contribution in [3.63, 3.8) is 0 Å². The number of hydrogen-bond donors (Lipinski definition) is 0. The molecule has 0 aromatic heterocycles. The Kier molecular flexibility index (Phi) is 16.3. The molecule has 0 unspecified atom stereocenters. The van der Waals surface area contributed by atoms with Gasteiger partial charge in [-0.1, -0.05) is 208 Å². The second-order valence-electron chi connectivity index (χ2n) is 19.0. The molecule has 1 aliphatic carbocycles. The Morgan fingerprint density at radius 3 is 0.986 bits per heavy atom. The molecule has 0 heterocycles. The minimum atomic E-state index is -0.0521. The molecular weight excluding hydrogens is 969 g/mol. The minimum Gasteiger partial charge on any atom is -0.311 e. The van der Waals surface area contributed by atoms with E-state index in [0.29, 0.717) is 0 Å². The molecular formula is C65H66Br2N2. The highest BCUT2D eigenvalue weighted by atomic mass is 79.9. The second kappa shape index (κ2) is 23.3. The molecule has 0 atom stereocenters. The highest BCUT2D eigenvalue weighted by Gasteiger charge is 2.42. The third-order valence-electron chi connectivity index (χ3n) is 14.4. The van der Waals surface area contributed by atoms with Crippen LogP contribution in [-0.4, -0.2) is 0 Å². The first-order valence-corrected chi connectivity index (χ1v) is 27.3. The van der Waals surface area contributed by atoms with Crippen molar-refractivity contribution in [1.29, 1.82) is 0 Å². The average molecular weight is 1040 g/mol. The molecule has 1 aliphatic rings. The number of halogens is 2. The van der Waals surface area contributed by atoms with Gasteiger partial charge in [-0.3, -0.25) is 0 Å². The van der Waals surface area contributed by atoms with Gasteiger partial charge in [-0.2, -0.15) is 0 Å². The van der Waals surface area contributed by atoms with E-state index in [-0.39, 0.29) is 5.41 Å². The molecule has 0 spiro atoms. The summed E-state index contributed by atoms with van der Waals surface area (Å²) in [6.45, 7) is 4.64. The summed E-state index contributed by atoms with van der Waals surface area (Å²) in [5.74, 6) is 0. The third-order valence-corrected chi connectivity index (χ3v) is 15.4. The van der Waals surface area contributed by atoms with Crippen LogP contribution in [0.4, 0.5) is 34.1 Å². The van der Waals surface area contributed by atoms with Crippen molar-refractivity contribution in [2.24, 2.45) is 0 Å². The molecule has 0 amide bonds. The van der Waals surface area contributed by atoms with Gasteiger partial charge in [0, 0.05) is 48.5 Å². The number of unbranched alkanes of at least 4 members (excludes halogenated alkanes) is 10. The van der Waals surface area contributed by atoms with Crippen LogP contribution in [0.25, 0.3) is 33.4 Å². The van der Waals surface area contributed by atoms with Crippen molar-refractivity contribution in [1.82, 2.24) is 0 Å². The van der Waals surface area contributed by atoms with Crippen LogP contribution in [0.5, 0.6) is 0 Å². The lowest BCUT2D eigenvalue weighted by molar-refractivity contribution is 0.398. The number of para-hydroxylation sites is 2. The quantitative estimate of drug-likeness (QED) is 0.0624. The van der Waals surface area contributed by atoms with Crippen LogP contribution in [0.1, 0.15) is 115 Å². The number of anilines is 6. The smallest absolute Gasteiger partial charge is 0.0462 e. The van der Waals surface area contributed by atoms with Gasteiger partial charge in [0.2, 0.25) is 0 Å². The zero-order chi connectivity index (χ0) is 47.4. The van der Waals surface area contributed by atoms with Crippen molar-refractivity contribution in [2.45, 2.75) is 109 Å². The van der Waals surface area contributed by atoms with Gasteiger partial charge in [-0.15, -0.1) is 0 Å². The Bertz CT molecular complexity index is 2660. The maximum absolute atomic E-state index is 3.65. The van der Waals surface area contributed by atoms with E-state index in [9.17, 15) is 0 Å². The summed E-state index contributed by atoms with van der Waals surface area (Å²) in [5, 5.41) is 0. The minimum absolute atomic E-state index is 0.0521. The molecule has 0 bridgehead atoms. The molecule has 2 nitrogen and oxygen atoms in total. The topological polar surface area (TPSA) is 6.48 Å². The number of hydrogen-bond acceptors (Lipinski definition) is 2. The molecule has 0 saturated heterocycles. The maximum Gasteiger partial charge on any atom is 0.0462 e. The van der Waals surface area contributed by atoms with E-state index in [1.54, 1.807) is 0 Å². The lowest BCUT2D eigenvalue weighted by Crippen LogP contribution is -2.25. The van der Waals surface area contributed by atoms with Crippen LogP contribution in [0, 0.1) is 0 Å². The Morgan fingerprint density at radius 2 is 0.623 bits per heavy atom. The number of fused-ring (bicyclic) bond motifs is 3. The van der Waals surface area contributed by atoms with Crippen LogP contribution in [0.15, 0.2) is 203 Å². The van der Waals surface area contributed by atoms with E-state index >= 15 is 0 Å². The normalized spacial score (nSPS) is 12.4. The van der Waals surface area contributed by atoms with Gasteiger partial charge >= 0.3 is 0 Å². The SMILES string of the molecule is CCCCCCCCC1(CCCCCCCC)c2cc(-c3ccc(N(c4ccccc4)c4ccc(Br)cc4)cc3)ccc2-c2ccc(-c3ccc(N(c4ccccc4)c4ccc(Br)cc4)cc3)cc21. The summed E-state index contributed by atoms with van der Waals surface area (Å²) in [4.78, 5) is 4.68. The van der Waals surface area contributed by atoms with Gasteiger partial charge in [0.05, 0.1) is 0 Å². The number of rotatable bonds is 22. The highest BCUT2D eigenvalue weighted by molar-refractivity contribution is 9.10. The molecule has 4 heteroatoms. The van der Waals surface area contributed by atoms with Gasteiger partial charge in [0.15, 0.2) is 0 Å². The summed E-state index contributed by atoms with van der Waals surface area (Å²) in [7, 11) is 0. The summed E-state index contributed by atoms with van der Waals surface area (Å²) < 4.78 is 2.15. The van der Waals surface area contributed by atoms with E-state index < -0.39 is 0 Å². The van der Waals surface area contributed by atoms with E-state index in [1.165, 1.54) is 134 Å². The lowest BCUT2D eigenvalue weighted by Gasteiger charge is -2.33. The molecule has 8 aromatic rings. The molecule has 0 fully saturated rings. The fourth-order valence-corrected chi connectivity index (χ4v) is 11.3. The first-order valence-electron chi connectivity index (χ1n) is 25.7. The highest BCUT2D eigenvalue weighted by Crippen LogP contribution is 2.56. The second-order valence-corrected chi connectivity index (χ2v) is 20.9. The molecule has 350 valence electrons. The first kappa shape index (κ1) is 48.3. The molecule has 69 heavy (non-hydrogen) atoms. The lowest BCUT2D eigenvalue weighted by atomic mass is 9.70. The van der Waals surface area contributed by atoms with Crippen molar-refractivity contribution in [2.75, 3.05) is 9.80 Å². The summed E-state index contributed by atoms with van der Waals surface area (Å²) in [5.41, 5.74) is 17.8. The van der Waals surface area contributed by atoms with Crippen molar-refractivity contribution < 1.29 is 0 Å². The van der Waals surface area contributed by atoms with Crippen LogP contribution in [0.2, 0.25) is 0 Å². The van der Waals surface area contributed by atoms with Gasteiger partial charge < -0.3 is 9.80 Å². The fourth-order valence-electron chi connectivity index (χ4n) is 10.8. The van der Waals surface area contributed by atoms with Crippen LogP contribution in [0.3, 0.4) is 0 Å². The van der Waals surface area contributed by atoms with Crippen LogP contribution >= 0.6 is 31.9 Å². The first-order chi connectivity index (χ1) is 34.0. The molecule has 0 saturated carbocycles. The standard InChI is InChI=1S/C65H66Br2N2/c1-3-5-7-9-11-19-45-65(46-20-12-10-8-6-4-2)63-47-51(49-25-35-57(36-26-49)68(55-21-15-13-16-22-55)59-39-31-53(66)32-40-59)29-43-61(63)62-44-30-52(48-64(62)65)50-27-37-58(38-28-50)69(56-23-17-14-18-24-56)60-41-33-54(67)34-42-60/h13-18,21-44,47-48H,3-12,19-20,45-46H2,1-2H3. The third kappa shape index (κ3) is 11.2. The largest absolute Gasteiger partial charge is 0.311 e. The van der Waals surface area contributed by atoms with Crippen molar-refractivity contribution >= 4 is 66.0 Å². The van der Waals surface area contributed by atoms with Gasteiger partial charge in [-0.05, 0) is 167 Å². The average Bonchev–Trinajstić information content (AvgIpc) is 3.66. The van der Waals surface area contributed by atoms with Crippen LogP contribution < -0.4 is 9.80 Å². The zero-order valence-corrected chi connectivity index (χ0v) is 43.7. The van der Waals surface area contributed by atoms with E-state index in [2.05, 4.69) is 250 Å². The van der Waals surface area contributed by atoms with Crippen molar-refractivity contribution in [3.05, 3.63) is 214 Å². The van der Waals surface area contributed by atoms with Gasteiger partial charge in [0.25, 0.3) is 0 Å². The van der Waals surface area contributed by atoms with Gasteiger partial charge in [-0.25, -0.2) is 0 Å². The molecule has 0 aliphatic heterocycles. The maximum atomic E-state index is 3.65. The molecule has 0 radical (unpaired) electrons. The Hall–Kier alpha value is -5.68. The number of benzene rings is 8. The summed E-state index contributed by atoms with van der Waals surface area (Å²) in [6, 6.07) is 71.9. The predicted molar refractivity (Wildman–Crippen MR) is 304 cm³/mol. The van der Waals surface area contributed by atoms with E-state index in [1.807, 2.05) is 0 Å². The summed E-state index contributed by atoms with van der Waals surface area (Å²) in [6.07, 6.45) is 17.9. The Labute approximate surface area is 429 Å². The molecule has 8 aromatic carbocycles. The Morgan fingerprint density at radius 1 is 0.319 bits per heavy atom. The van der Waals surface area contributed by atoms with E-state index in [4.69, 9.17) is 0 Å². The monoisotopic (exact) mass is 1030 g/mol. The summed E-state index contributed by atoms with van der Waals surface area (Å²) >= 11 is 7.30. The number of nitrogens with zero attached hydrogens (tertiary/aromatic N) is 2. The molecule has 9 rings (SSSR count). The molecule has 0 N–H and O–H groups in total. The van der Waals surface area contributed by atoms with Crippen molar-refractivity contribution in [3.8, 4) is 33.4 Å². The zero-order valence-electron chi connectivity index (χ0n) is 40.5. The van der Waals surface area contributed by atoms with E-state index in [0.717, 1.165) is 43.1 Å². The Balaban J connectivity index is 1.09. The van der Waals surface area contributed by atoms with Gasteiger partial charge in [0.1, 0.15) is 0 Å². The predicted octanol–water partition coefficient (Wildman–Crippen LogP) is 21.3. The van der Waals surface area contributed by atoms with Crippen LogP contribution in [-0.2, 0) is 5.41 Å².